The van der Waals surface area contributed by atoms with Crippen molar-refractivity contribution in [1.82, 2.24) is 10.3 Å². The smallest absolute Gasteiger partial charge is 0.335 e. The number of carbonyl (C=O) groups is 2. The third-order valence-electron chi connectivity index (χ3n) is 7.04. The van der Waals surface area contributed by atoms with Gasteiger partial charge in [0, 0.05) is 23.1 Å². The summed E-state index contributed by atoms with van der Waals surface area (Å²) in [6, 6.07) is 29.3. The number of carboxylic acids is 1. The molecule has 0 spiro atoms. The number of anilines is 2. The van der Waals surface area contributed by atoms with Crippen LogP contribution < -0.4 is 20.3 Å². The summed E-state index contributed by atoms with van der Waals surface area (Å²) in [5.74, 6) is 0.239. The summed E-state index contributed by atoms with van der Waals surface area (Å²) in [5.41, 5.74) is 2.67. The molecule has 11 heteroatoms. The maximum Gasteiger partial charge on any atom is 0.335 e. The van der Waals surface area contributed by atoms with E-state index in [-0.39, 0.29) is 24.1 Å². The molecule has 220 valence electrons. The molecule has 0 radical (unpaired) electrons. The number of para-hydroxylation sites is 1. The Labute approximate surface area is 263 Å². The molecule has 1 fully saturated rings. The van der Waals surface area contributed by atoms with Gasteiger partial charge in [0.1, 0.15) is 23.3 Å². The van der Waals surface area contributed by atoms with E-state index in [1.165, 1.54) is 18.2 Å². The Kier molecular flexibility index (Phi) is 8.27. The number of rotatable bonds is 9. The fourth-order valence-electron chi connectivity index (χ4n) is 4.99. The van der Waals surface area contributed by atoms with Crippen LogP contribution in [0.2, 0.25) is 5.02 Å². The van der Waals surface area contributed by atoms with Crippen LogP contribution in [-0.2, 0) is 4.79 Å². The second-order valence-electron chi connectivity index (χ2n) is 9.90. The summed E-state index contributed by atoms with van der Waals surface area (Å²) in [6.45, 7) is -0.125. The van der Waals surface area contributed by atoms with Gasteiger partial charge in [-0.15, -0.1) is 0 Å². The number of ether oxygens (including phenoxy) is 1. The average molecular weight is 625 g/mol. The number of benzene rings is 3. The molecule has 2 aromatic heterocycles. The number of thiocarbonyl (C=S) groups is 1. The molecule has 6 rings (SSSR count). The second kappa shape index (κ2) is 12.6. The van der Waals surface area contributed by atoms with Crippen molar-refractivity contribution < 1.29 is 23.8 Å². The monoisotopic (exact) mass is 624 g/mol. The molecule has 0 saturated carbocycles. The van der Waals surface area contributed by atoms with Crippen LogP contribution >= 0.6 is 23.8 Å². The Morgan fingerprint density at radius 1 is 1.00 bits per heavy atom. The molecule has 1 aliphatic rings. The Morgan fingerprint density at radius 2 is 1.77 bits per heavy atom. The molecule has 0 bridgehead atoms. The molecule has 3 aromatic carbocycles. The number of aromatic carboxylic acids is 1. The lowest BCUT2D eigenvalue weighted by molar-refractivity contribution is -0.118. The maximum atomic E-state index is 12.5. The first kappa shape index (κ1) is 28.9. The quantitative estimate of drug-likeness (QED) is 0.151. The van der Waals surface area contributed by atoms with Gasteiger partial charge in [0.2, 0.25) is 0 Å². The van der Waals surface area contributed by atoms with Crippen molar-refractivity contribution in [1.29, 1.82) is 0 Å². The molecule has 2 unspecified atom stereocenters. The van der Waals surface area contributed by atoms with Gasteiger partial charge in [0.25, 0.3) is 5.91 Å². The summed E-state index contributed by atoms with van der Waals surface area (Å²) in [6.07, 6.45) is 1.71. The van der Waals surface area contributed by atoms with E-state index in [4.69, 9.17) is 33.0 Å². The Balaban J connectivity index is 1.28. The number of halogens is 1. The fourth-order valence-corrected chi connectivity index (χ4v) is 5.55. The molecule has 0 aliphatic carbocycles. The predicted octanol–water partition coefficient (Wildman–Crippen LogP) is 6.89. The van der Waals surface area contributed by atoms with Crippen molar-refractivity contribution >= 4 is 52.2 Å². The lowest BCUT2D eigenvalue weighted by atomic mass is 10.0. The van der Waals surface area contributed by atoms with E-state index in [1.54, 1.807) is 36.5 Å². The summed E-state index contributed by atoms with van der Waals surface area (Å²) in [7, 11) is 0. The van der Waals surface area contributed by atoms with E-state index >= 15 is 0 Å². The predicted molar refractivity (Wildman–Crippen MR) is 171 cm³/mol. The zero-order valence-electron chi connectivity index (χ0n) is 23.0. The summed E-state index contributed by atoms with van der Waals surface area (Å²) in [5, 5.41) is 16.5. The molecule has 2 atom stereocenters. The number of pyridine rings is 1. The third kappa shape index (κ3) is 6.12. The first-order valence-corrected chi connectivity index (χ1v) is 14.4. The largest absolute Gasteiger partial charge is 0.484 e. The van der Waals surface area contributed by atoms with Crippen molar-refractivity contribution in [3.05, 3.63) is 131 Å². The normalized spacial score (nSPS) is 15.9. The van der Waals surface area contributed by atoms with E-state index in [1.807, 2.05) is 59.5 Å². The highest BCUT2D eigenvalue weighted by atomic mass is 35.5. The van der Waals surface area contributed by atoms with Gasteiger partial charge in [-0.25, -0.2) is 4.79 Å². The standard InChI is InChI=1S/C33H25ClN4O5S/c34-25-14-9-20(32(40)41)18-24(25)27-15-16-28(43-27)31-30(26-8-4-5-17-35-26)37-33(44)38(31)22-12-10-21(11-13-22)36-29(39)19-42-23-6-2-1-3-7-23/h1-18,30-31H,19H2,(H,36,39)(H,37,44)(H,40,41). The fraction of sp³-hybridized carbons (Fsp3) is 0.0909. The van der Waals surface area contributed by atoms with Crippen LogP contribution in [0.3, 0.4) is 0 Å². The number of carboxylic acid groups (broad SMARTS) is 1. The van der Waals surface area contributed by atoms with E-state index in [9.17, 15) is 14.7 Å². The minimum atomic E-state index is -1.07. The van der Waals surface area contributed by atoms with Crippen LogP contribution in [0.4, 0.5) is 11.4 Å². The van der Waals surface area contributed by atoms with Crippen LogP contribution in [0.15, 0.2) is 114 Å². The summed E-state index contributed by atoms with van der Waals surface area (Å²) < 4.78 is 11.9. The topological polar surface area (TPSA) is 117 Å². The van der Waals surface area contributed by atoms with Crippen LogP contribution in [0.5, 0.6) is 5.75 Å². The van der Waals surface area contributed by atoms with Gasteiger partial charge in [-0.3, -0.25) is 9.78 Å². The molecular formula is C33H25ClN4O5S. The van der Waals surface area contributed by atoms with E-state index in [0.29, 0.717) is 38.7 Å². The minimum absolute atomic E-state index is 0.0952. The van der Waals surface area contributed by atoms with Crippen molar-refractivity contribution in [3.63, 3.8) is 0 Å². The Hall–Kier alpha value is -5.19. The zero-order chi connectivity index (χ0) is 30.6. The van der Waals surface area contributed by atoms with Crippen molar-refractivity contribution in [2.45, 2.75) is 12.1 Å². The van der Waals surface area contributed by atoms with Gasteiger partial charge in [-0.1, -0.05) is 35.9 Å². The van der Waals surface area contributed by atoms with Gasteiger partial charge in [-0.2, -0.15) is 0 Å². The number of furan rings is 1. The highest BCUT2D eigenvalue weighted by Crippen LogP contribution is 2.43. The van der Waals surface area contributed by atoms with Crippen LogP contribution in [0.25, 0.3) is 11.3 Å². The van der Waals surface area contributed by atoms with Gasteiger partial charge < -0.3 is 29.8 Å². The number of nitrogens with one attached hydrogen (secondary N) is 2. The van der Waals surface area contributed by atoms with Crippen LogP contribution in [-0.4, -0.2) is 33.7 Å². The van der Waals surface area contributed by atoms with Crippen LogP contribution in [0, 0.1) is 0 Å². The zero-order valence-corrected chi connectivity index (χ0v) is 24.6. The van der Waals surface area contributed by atoms with Gasteiger partial charge in [0.15, 0.2) is 11.7 Å². The molecule has 5 aromatic rings. The maximum absolute atomic E-state index is 12.5. The van der Waals surface area contributed by atoms with Gasteiger partial charge >= 0.3 is 5.97 Å². The van der Waals surface area contributed by atoms with Crippen molar-refractivity contribution in [2.24, 2.45) is 0 Å². The SMILES string of the molecule is O=C(COc1ccccc1)Nc1ccc(N2C(=S)NC(c3ccccn3)C2c2ccc(-c3cc(C(=O)O)ccc3Cl)o2)cc1. The molecule has 1 saturated heterocycles. The number of carbonyl (C=O) groups excluding carboxylic acids is 1. The molecule has 3 heterocycles. The lowest BCUT2D eigenvalue weighted by Crippen LogP contribution is -2.29. The molecule has 44 heavy (non-hydrogen) atoms. The summed E-state index contributed by atoms with van der Waals surface area (Å²) in [4.78, 5) is 30.5. The van der Waals surface area contributed by atoms with E-state index in [0.717, 1.165) is 11.4 Å². The number of hydrogen-bond donors (Lipinski definition) is 3. The Bertz CT molecular complexity index is 1820. The van der Waals surface area contributed by atoms with Crippen LogP contribution in [0.1, 0.15) is 33.9 Å². The molecule has 9 nitrogen and oxygen atoms in total. The average Bonchev–Trinajstić information content (AvgIpc) is 3.66. The summed E-state index contributed by atoms with van der Waals surface area (Å²) >= 11 is 12.2. The highest BCUT2D eigenvalue weighted by molar-refractivity contribution is 7.80. The highest BCUT2D eigenvalue weighted by Gasteiger charge is 2.42. The van der Waals surface area contributed by atoms with Gasteiger partial charge in [-0.05, 0) is 91.1 Å². The third-order valence-corrected chi connectivity index (χ3v) is 7.68. The molecule has 3 N–H and O–H groups in total. The van der Waals surface area contributed by atoms with Gasteiger partial charge in [0.05, 0.1) is 22.3 Å². The Morgan fingerprint density at radius 3 is 2.50 bits per heavy atom. The number of amides is 1. The van der Waals surface area contributed by atoms with E-state index in [2.05, 4.69) is 15.6 Å². The first-order chi connectivity index (χ1) is 21.4. The molecule has 1 aliphatic heterocycles. The second-order valence-corrected chi connectivity index (χ2v) is 10.7. The number of hydrogen-bond acceptors (Lipinski definition) is 6. The van der Waals surface area contributed by atoms with Crippen molar-refractivity contribution in [3.8, 4) is 17.1 Å². The minimum Gasteiger partial charge on any atom is -0.484 e. The molecule has 1 amide bonds. The first-order valence-electron chi connectivity index (χ1n) is 13.6. The lowest BCUT2D eigenvalue weighted by Gasteiger charge is -2.26. The van der Waals surface area contributed by atoms with Crippen molar-refractivity contribution in [2.75, 3.05) is 16.8 Å². The number of nitrogens with zero attached hydrogens (tertiary/aromatic N) is 2. The number of aromatic nitrogens is 1. The van der Waals surface area contributed by atoms with E-state index < -0.39 is 12.0 Å². The molecular weight excluding hydrogens is 600 g/mol.